The second-order valence-corrected chi connectivity index (χ2v) is 12.8. The van der Waals surface area contributed by atoms with Gasteiger partial charge in [0.05, 0.1) is 11.4 Å². The fourth-order valence-electron chi connectivity index (χ4n) is 6.93. The predicted octanol–water partition coefficient (Wildman–Crippen LogP) is 13.0. The van der Waals surface area contributed by atoms with Crippen molar-refractivity contribution in [1.82, 2.24) is 0 Å². The molecule has 0 aliphatic heterocycles. The predicted molar refractivity (Wildman–Crippen MR) is 194 cm³/mol. The molecule has 0 bridgehead atoms. The lowest BCUT2D eigenvalue weighted by molar-refractivity contribution is 0.666. The normalized spacial score (nSPS) is 11.9. The van der Waals surface area contributed by atoms with Crippen LogP contribution in [0.1, 0.15) is 0 Å². The molecule has 0 unspecified atom stereocenters. The molecular formula is C42H25NO2S. The first-order chi connectivity index (χ1) is 22.8. The first kappa shape index (κ1) is 25.5. The van der Waals surface area contributed by atoms with Gasteiger partial charge in [-0.1, -0.05) is 97.1 Å². The van der Waals surface area contributed by atoms with Crippen LogP contribution in [0.2, 0.25) is 0 Å². The van der Waals surface area contributed by atoms with Crippen LogP contribution < -0.4 is 4.90 Å². The molecule has 3 nitrogen and oxygen atoms in total. The standard InChI is InChI=1S/C42H25NO2S/c1-4-16-37-29(9-1)32-12-7-14-35(41(32)44-37)43(36-15-8-13-33-30-10-2-5-17-38(30)45-42(33)36)28-22-19-26(20-23-28)27-21-24-40-34(25-27)31-11-3-6-18-39(31)46-40/h1-25H. The Morgan fingerprint density at radius 1 is 0.391 bits per heavy atom. The molecule has 4 heteroatoms. The minimum Gasteiger partial charge on any atom is -0.454 e. The number of nitrogens with zero attached hydrogens (tertiary/aromatic N) is 1. The van der Waals surface area contributed by atoms with E-state index in [9.17, 15) is 0 Å². The summed E-state index contributed by atoms with van der Waals surface area (Å²) in [5.74, 6) is 0. The van der Waals surface area contributed by atoms with E-state index in [-0.39, 0.29) is 0 Å². The van der Waals surface area contributed by atoms with Crippen molar-refractivity contribution in [1.29, 1.82) is 0 Å². The van der Waals surface area contributed by atoms with Gasteiger partial charge < -0.3 is 13.7 Å². The highest BCUT2D eigenvalue weighted by atomic mass is 32.1. The Balaban J connectivity index is 1.18. The Bertz CT molecular complexity index is 2650. The van der Waals surface area contributed by atoms with E-state index in [0.717, 1.165) is 60.9 Å². The summed E-state index contributed by atoms with van der Waals surface area (Å²) in [6.45, 7) is 0. The zero-order chi connectivity index (χ0) is 30.2. The molecule has 0 radical (unpaired) electrons. The van der Waals surface area contributed by atoms with Gasteiger partial charge in [0.1, 0.15) is 11.2 Å². The molecule has 10 aromatic rings. The molecule has 0 aliphatic carbocycles. The molecule has 3 heterocycles. The molecule has 0 fully saturated rings. The lowest BCUT2D eigenvalue weighted by Crippen LogP contribution is -2.10. The second-order valence-electron chi connectivity index (χ2n) is 11.7. The smallest absolute Gasteiger partial charge is 0.159 e. The second kappa shape index (κ2) is 9.83. The van der Waals surface area contributed by atoms with E-state index >= 15 is 0 Å². The molecule has 3 aromatic heterocycles. The quantitative estimate of drug-likeness (QED) is 0.199. The summed E-state index contributed by atoms with van der Waals surface area (Å²) in [5, 5.41) is 6.99. The van der Waals surface area contributed by atoms with E-state index in [2.05, 4.69) is 132 Å². The van der Waals surface area contributed by atoms with E-state index in [1.54, 1.807) is 0 Å². The molecular weight excluding hydrogens is 583 g/mol. The van der Waals surface area contributed by atoms with Gasteiger partial charge in [0, 0.05) is 47.4 Å². The summed E-state index contributed by atoms with van der Waals surface area (Å²) in [6, 6.07) is 53.5. The van der Waals surface area contributed by atoms with Crippen molar-refractivity contribution in [2.45, 2.75) is 0 Å². The van der Waals surface area contributed by atoms with Crippen LogP contribution in [0.4, 0.5) is 17.1 Å². The fraction of sp³-hybridized carbons (Fsp3) is 0. The average Bonchev–Trinajstić information content (AvgIpc) is 3.80. The van der Waals surface area contributed by atoms with Crippen LogP contribution in [0.15, 0.2) is 160 Å². The van der Waals surface area contributed by atoms with E-state index in [1.165, 1.54) is 31.3 Å². The van der Waals surface area contributed by atoms with Gasteiger partial charge in [-0.15, -0.1) is 11.3 Å². The number of anilines is 3. The first-order valence-electron chi connectivity index (χ1n) is 15.4. The zero-order valence-electron chi connectivity index (χ0n) is 24.6. The van der Waals surface area contributed by atoms with Crippen LogP contribution in [0.3, 0.4) is 0 Å². The van der Waals surface area contributed by atoms with Crippen molar-refractivity contribution in [3.8, 4) is 11.1 Å². The van der Waals surface area contributed by atoms with Crippen LogP contribution in [0.25, 0.3) is 75.2 Å². The SMILES string of the molecule is c1ccc2c(c1)oc1c(N(c3ccc(-c4ccc5sc6ccccc6c5c4)cc3)c3cccc4c3oc3ccccc34)cccc12. The van der Waals surface area contributed by atoms with Gasteiger partial charge in [0.15, 0.2) is 11.2 Å². The Morgan fingerprint density at radius 3 is 1.57 bits per heavy atom. The van der Waals surface area contributed by atoms with Crippen molar-refractivity contribution < 1.29 is 8.83 Å². The highest BCUT2D eigenvalue weighted by Crippen LogP contribution is 2.46. The third kappa shape index (κ3) is 3.77. The number of hydrogen-bond acceptors (Lipinski definition) is 4. The molecule has 10 rings (SSSR count). The van der Waals surface area contributed by atoms with Gasteiger partial charge in [-0.25, -0.2) is 0 Å². The lowest BCUT2D eigenvalue weighted by atomic mass is 10.0. The summed E-state index contributed by atoms with van der Waals surface area (Å²) in [6.07, 6.45) is 0. The highest BCUT2D eigenvalue weighted by molar-refractivity contribution is 7.25. The monoisotopic (exact) mass is 607 g/mol. The van der Waals surface area contributed by atoms with Crippen molar-refractivity contribution >= 4 is 92.4 Å². The molecule has 0 saturated carbocycles. The van der Waals surface area contributed by atoms with Gasteiger partial charge >= 0.3 is 0 Å². The number of furan rings is 2. The molecule has 0 aliphatic rings. The first-order valence-corrected chi connectivity index (χ1v) is 16.2. The largest absolute Gasteiger partial charge is 0.454 e. The Kier molecular flexibility index (Phi) is 5.45. The Hall–Kier alpha value is -5.84. The molecule has 0 spiro atoms. The van der Waals surface area contributed by atoms with Crippen molar-refractivity contribution in [2.24, 2.45) is 0 Å². The van der Waals surface area contributed by atoms with E-state index in [4.69, 9.17) is 8.83 Å². The molecule has 0 N–H and O–H groups in total. The van der Waals surface area contributed by atoms with Gasteiger partial charge in [-0.3, -0.25) is 0 Å². The van der Waals surface area contributed by atoms with Gasteiger partial charge in [0.25, 0.3) is 0 Å². The molecule has 0 saturated heterocycles. The summed E-state index contributed by atoms with van der Waals surface area (Å²) in [5.41, 5.74) is 8.74. The molecule has 0 amide bonds. The Morgan fingerprint density at radius 2 is 0.913 bits per heavy atom. The van der Waals surface area contributed by atoms with Crippen molar-refractivity contribution in [2.75, 3.05) is 4.90 Å². The number of benzene rings is 7. The molecule has 0 atom stereocenters. The van der Waals surface area contributed by atoms with Crippen molar-refractivity contribution in [3.63, 3.8) is 0 Å². The minimum atomic E-state index is 0.843. The number of rotatable bonds is 4. The van der Waals surface area contributed by atoms with Gasteiger partial charge in [0.2, 0.25) is 0 Å². The number of thiophene rings is 1. The summed E-state index contributed by atoms with van der Waals surface area (Å²) in [4.78, 5) is 2.27. The maximum atomic E-state index is 6.57. The summed E-state index contributed by atoms with van der Waals surface area (Å²) < 4.78 is 15.8. The lowest BCUT2D eigenvalue weighted by Gasteiger charge is -2.25. The van der Waals surface area contributed by atoms with Crippen LogP contribution in [-0.4, -0.2) is 0 Å². The van der Waals surface area contributed by atoms with E-state index in [1.807, 2.05) is 35.6 Å². The average molecular weight is 608 g/mol. The van der Waals surface area contributed by atoms with E-state index in [0.29, 0.717) is 0 Å². The van der Waals surface area contributed by atoms with Crippen LogP contribution in [0.5, 0.6) is 0 Å². The molecule has 46 heavy (non-hydrogen) atoms. The summed E-state index contributed by atoms with van der Waals surface area (Å²) in [7, 11) is 0. The van der Waals surface area contributed by atoms with Crippen LogP contribution in [0, 0.1) is 0 Å². The number of hydrogen-bond donors (Lipinski definition) is 0. The highest BCUT2D eigenvalue weighted by Gasteiger charge is 2.23. The maximum Gasteiger partial charge on any atom is 0.159 e. The zero-order valence-corrected chi connectivity index (χ0v) is 25.4. The number of fused-ring (bicyclic) bond motifs is 9. The number of para-hydroxylation sites is 4. The van der Waals surface area contributed by atoms with Crippen LogP contribution >= 0.6 is 11.3 Å². The minimum absolute atomic E-state index is 0.843. The third-order valence-electron chi connectivity index (χ3n) is 9.08. The van der Waals surface area contributed by atoms with Gasteiger partial charge in [-0.2, -0.15) is 0 Å². The van der Waals surface area contributed by atoms with E-state index < -0.39 is 0 Å². The Labute approximate surface area is 268 Å². The van der Waals surface area contributed by atoms with Crippen LogP contribution in [-0.2, 0) is 0 Å². The van der Waals surface area contributed by atoms with Gasteiger partial charge in [-0.05, 0) is 65.7 Å². The topological polar surface area (TPSA) is 29.5 Å². The molecule has 7 aromatic carbocycles. The third-order valence-corrected chi connectivity index (χ3v) is 10.2. The fourth-order valence-corrected chi connectivity index (χ4v) is 8.02. The maximum absolute atomic E-state index is 6.57. The molecule has 216 valence electrons. The van der Waals surface area contributed by atoms with Crippen molar-refractivity contribution in [3.05, 3.63) is 152 Å². The summed E-state index contributed by atoms with van der Waals surface area (Å²) >= 11 is 1.85.